The van der Waals surface area contributed by atoms with Crippen LogP contribution >= 0.6 is 0 Å². The SMILES string of the molecule is O=C(CCc1ccccc1)Nc1cccc(OCc2cn3ccccc3n2)c1. The third-order valence-corrected chi connectivity index (χ3v) is 4.40. The van der Waals surface area contributed by atoms with E-state index in [1.165, 1.54) is 0 Å². The maximum atomic E-state index is 12.2. The predicted molar refractivity (Wildman–Crippen MR) is 109 cm³/mol. The topological polar surface area (TPSA) is 55.6 Å². The van der Waals surface area contributed by atoms with Crippen LogP contribution in [0.25, 0.3) is 5.65 Å². The van der Waals surface area contributed by atoms with E-state index in [9.17, 15) is 4.79 Å². The molecule has 0 saturated carbocycles. The van der Waals surface area contributed by atoms with Crippen LogP contribution < -0.4 is 10.1 Å². The smallest absolute Gasteiger partial charge is 0.224 e. The van der Waals surface area contributed by atoms with Crippen molar-refractivity contribution in [3.8, 4) is 5.75 Å². The van der Waals surface area contributed by atoms with E-state index in [1.54, 1.807) is 0 Å². The standard InChI is InChI=1S/C23H21N3O2/c27-23(13-12-18-7-2-1-3-8-18)25-19-9-6-10-21(15-19)28-17-20-16-26-14-5-4-11-22(26)24-20/h1-11,14-16H,12-13,17H2,(H,25,27). The highest BCUT2D eigenvalue weighted by Gasteiger charge is 2.06. The fourth-order valence-electron chi connectivity index (χ4n) is 3.00. The quantitative estimate of drug-likeness (QED) is 0.521. The fourth-order valence-corrected chi connectivity index (χ4v) is 3.00. The lowest BCUT2D eigenvalue weighted by atomic mass is 10.1. The third kappa shape index (κ3) is 4.57. The van der Waals surface area contributed by atoms with Crippen LogP contribution in [0.5, 0.6) is 5.75 Å². The number of aromatic nitrogens is 2. The molecule has 0 aliphatic rings. The summed E-state index contributed by atoms with van der Waals surface area (Å²) in [4.78, 5) is 16.7. The number of rotatable bonds is 7. The summed E-state index contributed by atoms with van der Waals surface area (Å²) in [7, 11) is 0. The zero-order chi connectivity index (χ0) is 19.2. The molecular formula is C23H21N3O2. The Labute approximate surface area is 163 Å². The number of nitrogens with one attached hydrogen (secondary N) is 1. The van der Waals surface area contributed by atoms with Crippen molar-refractivity contribution in [2.75, 3.05) is 5.32 Å². The Balaban J connectivity index is 1.32. The van der Waals surface area contributed by atoms with E-state index in [4.69, 9.17) is 4.74 Å². The molecule has 0 atom stereocenters. The Bertz CT molecular complexity index is 1040. The van der Waals surface area contributed by atoms with Gasteiger partial charge in [-0.1, -0.05) is 42.5 Å². The molecule has 4 aromatic rings. The van der Waals surface area contributed by atoms with Gasteiger partial charge in [-0.2, -0.15) is 0 Å². The second-order valence-corrected chi connectivity index (χ2v) is 6.55. The molecule has 0 spiro atoms. The van der Waals surface area contributed by atoms with E-state index in [2.05, 4.69) is 10.3 Å². The number of aryl methyl sites for hydroxylation is 1. The minimum absolute atomic E-state index is 0.0126. The molecule has 4 rings (SSSR count). The number of ether oxygens (including phenoxy) is 1. The number of anilines is 1. The molecule has 0 fully saturated rings. The number of fused-ring (bicyclic) bond motifs is 1. The molecule has 0 bridgehead atoms. The average molecular weight is 371 g/mol. The van der Waals surface area contributed by atoms with E-state index in [1.807, 2.05) is 89.6 Å². The normalized spacial score (nSPS) is 10.7. The summed E-state index contributed by atoms with van der Waals surface area (Å²) >= 11 is 0. The molecule has 0 radical (unpaired) electrons. The minimum atomic E-state index is -0.0126. The first-order chi connectivity index (χ1) is 13.8. The lowest BCUT2D eigenvalue weighted by Crippen LogP contribution is -2.12. The number of hydrogen-bond donors (Lipinski definition) is 1. The molecule has 0 aliphatic carbocycles. The molecule has 1 N–H and O–H groups in total. The Morgan fingerprint density at radius 3 is 2.71 bits per heavy atom. The van der Waals surface area contributed by atoms with Crippen LogP contribution in [0.15, 0.2) is 85.2 Å². The maximum Gasteiger partial charge on any atom is 0.224 e. The highest BCUT2D eigenvalue weighted by Crippen LogP contribution is 2.19. The van der Waals surface area contributed by atoms with Gasteiger partial charge in [0, 0.05) is 30.6 Å². The molecule has 2 heterocycles. The van der Waals surface area contributed by atoms with Crippen LogP contribution in [0.2, 0.25) is 0 Å². The first kappa shape index (κ1) is 17.8. The molecule has 5 nitrogen and oxygen atoms in total. The molecule has 0 unspecified atom stereocenters. The molecule has 2 aromatic heterocycles. The molecule has 1 amide bonds. The number of amides is 1. The van der Waals surface area contributed by atoms with Crippen LogP contribution in [0, 0.1) is 0 Å². The van der Waals surface area contributed by atoms with E-state index in [-0.39, 0.29) is 5.91 Å². The first-order valence-electron chi connectivity index (χ1n) is 9.25. The summed E-state index contributed by atoms with van der Waals surface area (Å²) in [6.45, 7) is 0.368. The Hall–Kier alpha value is -3.60. The summed E-state index contributed by atoms with van der Waals surface area (Å²) in [6.07, 6.45) is 5.06. The molecule has 140 valence electrons. The van der Waals surface area contributed by atoms with Gasteiger partial charge in [0.1, 0.15) is 18.0 Å². The van der Waals surface area contributed by atoms with Crippen molar-refractivity contribution >= 4 is 17.2 Å². The van der Waals surface area contributed by atoms with Crippen LogP contribution in [-0.2, 0) is 17.8 Å². The predicted octanol–water partition coefficient (Wildman–Crippen LogP) is 4.48. The van der Waals surface area contributed by atoms with Crippen LogP contribution in [-0.4, -0.2) is 15.3 Å². The molecule has 28 heavy (non-hydrogen) atoms. The first-order valence-corrected chi connectivity index (χ1v) is 9.25. The number of pyridine rings is 1. The van der Waals surface area contributed by atoms with Crippen molar-refractivity contribution < 1.29 is 9.53 Å². The van der Waals surface area contributed by atoms with Gasteiger partial charge in [-0.05, 0) is 36.2 Å². The number of nitrogens with zero attached hydrogens (tertiary/aromatic N) is 2. The Morgan fingerprint density at radius 1 is 1.00 bits per heavy atom. The molecule has 2 aromatic carbocycles. The lowest BCUT2D eigenvalue weighted by molar-refractivity contribution is -0.116. The van der Waals surface area contributed by atoms with E-state index in [0.29, 0.717) is 18.8 Å². The van der Waals surface area contributed by atoms with E-state index in [0.717, 1.165) is 29.0 Å². The fraction of sp³-hybridized carbons (Fsp3) is 0.130. The van der Waals surface area contributed by atoms with Gasteiger partial charge in [0.2, 0.25) is 5.91 Å². The van der Waals surface area contributed by atoms with Crippen molar-refractivity contribution in [3.05, 3.63) is 96.4 Å². The highest BCUT2D eigenvalue weighted by atomic mass is 16.5. The molecule has 5 heteroatoms. The number of carbonyl (C=O) groups excluding carboxylic acids is 1. The summed E-state index contributed by atoms with van der Waals surface area (Å²) in [5, 5.41) is 2.93. The van der Waals surface area contributed by atoms with Crippen LogP contribution in [0.3, 0.4) is 0 Å². The summed E-state index contributed by atoms with van der Waals surface area (Å²) in [5.74, 6) is 0.680. The van der Waals surface area contributed by atoms with Crippen LogP contribution in [0.4, 0.5) is 5.69 Å². The maximum absolute atomic E-state index is 12.2. The number of benzene rings is 2. The van der Waals surface area contributed by atoms with Crippen molar-refractivity contribution in [3.63, 3.8) is 0 Å². The second-order valence-electron chi connectivity index (χ2n) is 6.55. The third-order valence-electron chi connectivity index (χ3n) is 4.40. The number of hydrogen-bond acceptors (Lipinski definition) is 3. The van der Waals surface area contributed by atoms with E-state index < -0.39 is 0 Å². The highest BCUT2D eigenvalue weighted by molar-refractivity contribution is 5.91. The summed E-state index contributed by atoms with van der Waals surface area (Å²) in [6, 6.07) is 23.3. The lowest BCUT2D eigenvalue weighted by Gasteiger charge is -2.08. The van der Waals surface area contributed by atoms with Gasteiger partial charge < -0.3 is 14.5 Å². The Morgan fingerprint density at radius 2 is 1.86 bits per heavy atom. The van der Waals surface area contributed by atoms with Gasteiger partial charge in [0.15, 0.2) is 0 Å². The monoisotopic (exact) mass is 371 g/mol. The van der Waals surface area contributed by atoms with Gasteiger partial charge in [-0.3, -0.25) is 4.79 Å². The number of imidazole rings is 1. The summed E-state index contributed by atoms with van der Waals surface area (Å²) < 4.78 is 7.81. The molecule has 0 aliphatic heterocycles. The number of carbonyl (C=O) groups is 1. The molecule has 0 saturated heterocycles. The average Bonchev–Trinajstić information content (AvgIpc) is 3.15. The van der Waals surface area contributed by atoms with Crippen molar-refractivity contribution in [2.24, 2.45) is 0 Å². The van der Waals surface area contributed by atoms with Crippen molar-refractivity contribution in [1.82, 2.24) is 9.38 Å². The largest absolute Gasteiger partial charge is 0.487 e. The van der Waals surface area contributed by atoms with Gasteiger partial charge in [0.05, 0.1) is 5.69 Å². The van der Waals surface area contributed by atoms with Gasteiger partial charge in [0.25, 0.3) is 0 Å². The van der Waals surface area contributed by atoms with Crippen molar-refractivity contribution in [2.45, 2.75) is 19.4 Å². The minimum Gasteiger partial charge on any atom is -0.487 e. The zero-order valence-electron chi connectivity index (χ0n) is 15.4. The zero-order valence-corrected chi connectivity index (χ0v) is 15.4. The van der Waals surface area contributed by atoms with Crippen LogP contribution in [0.1, 0.15) is 17.7 Å². The summed E-state index contributed by atoms with van der Waals surface area (Å²) in [5.41, 5.74) is 3.62. The second kappa shape index (κ2) is 8.39. The van der Waals surface area contributed by atoms with Gasteiger partial charge in [-0.15, -0.1) is 0 Å². The van der Waals surface area contributed by atoms with Gasteiger partial charge >= 0.3 is 0 Å². The molecular weight excluding hydrogens is 350 g/mol. The van der Waals surface area contributed by atoms with E-state index >= 15 is 0 Å². The Kier molecular flexibility index (Phi) is 5.33. The van der Waals surface area contributed by atoms with Crippen molar-refractivity contribution in [1.29, 1.82) is 0 Å². The van der Waals surface area contributed by atoms with Gasteiger partial charge in [-0.25, -0.2) is 4.98 Å².